The van der Waals surface area contributed by atoms with Crippen LogP contribution in [0.4, 0.5) is 11.4 Å². The number of hydrogen-bond acceptors (Lipinski definition) is 5. The van der Waals surface area contributed by atoms with E-state index >= 15 is 0 Å². The lowest BCUT2D eigenvalue weighted by Gasteiger charge is -2.14. The predicted octanol–water partition coefficient (Wildman–Crippen LogP) is 3.31. The van der Waals surface area contributed by atoms with Gasteiger partial charge in [-0.3, -0.25) is 9.59 Å². The number of primary amides is 1. The molecule has 0 radical (unpaired) electrons. The van der Waals surface area contributed by atoms with Gasteiger partial charge in [0.1, 0.15) is 0 Å². The van der Waals surface area contributed by atoms with Crippen LogP contribution in [0.25, 0.3) is 5.57 Å². The monoisotopic (exact) mass is 395 g/mol. The van der Waals surface area contributed by atoms with Gasteiger partial charge in [-0.1, -0.05) is 19.1 Å². The van der Waals surface area contributed by atoms with Crippen LogP contribution in [-0.2, 0) is 16.0 Å². The van der Waals surface area contributed by atoms with Crippen LogP contribution in [0.1, 0.15) is 30.9 Å². The zero-order chi connectivity index (χ0) is 21.0. The Morgan fingerprint density at radius 2 is 1.76 bits per heavy atom. The average Bonchev–Trinajstić information content (AvgIpc) is 3.04. The number of nitrogens with two attached hydrogens (primary N) is 1. The summed E-state index contributed by atoms with van der Waals surface area (Å²) in [6.07, 6.45) is 1.56. The number of carbonyl (C=O) groups is 2. The highest BCUT2D eigenvalue weighted by molar-refractivity contribution is 6.32. The number of ether oxygens (including phenoxy) is 2. The van der Waals surface area contributed by atoms with Gasteiger partial charge in [-0.2, -0.15) is 0 Å². The van der Waals surface area contributed by atoms with Crippen molar-refractivity contribution in [2.75, 3.05) is 24.9 Å². The van der Waals surface area contributed by atoms with E-state index in [4.69, 9.17) is 15.2 Å². The van der Waals surface area contributed by atoms with Gasteiger partial charge >= 0.3 is 0 Å². The molecule has 2 aromatic rings. The normalized spacial score (nSPS) is 14.1. The standard InChI is InChI=1S/C22H25N3O4/c1-4-16(24-14-8-5-13(6-9-14)7-10-20(23)26)21-15-11-18(28-2)19(29-3)12-17(15)25-22(21)27/h5-6,8-9,11-12,24H,4,7,10H2,1-3H3,(H2,23,26)(H,25,27)/b21-16-. The maximum Gasteiger partial charge on any atom is 0.258 e. The van der Waals surface area contributed by atoms with Crippen molar-refractivity contribution < 1.29 is 19.1 Å². The van der Waals surface area contributed by atoms with Crippen LogP contribution < -0.4 is 25.8 Å². The minimum absolute atomic E-state index is 0.169. The van der Waals surface area contributed by atoms with E-state index in [9.17, 15) is 9.59 Å². The third kappa shape index (κ3) is 4.34. The van der Waals surface area contributed by atoms with Crippen molar-refractivity contribution in [1.82, 2.24) is 0 Å². The van der Waals surface area contributed by atoms with Gasteiger partial charge in [0.05, 0.1) is 25.5 Å². The van der Waals surface area contributed by atoms with E-state index in [0.29, 0.717) is 42.0 Å². The number of benzene rings is 2. The van der Waals surface area contributed by atoms with E-state index < -0.39 is 0 Å². The van der Waals surface area contributed by atoms with E-state index in [1.165, 1.54) is 0 Å². The van der Waals surface area contributed by atoms with Crippen molar-refractivity contribution in [2.24, 2.45) is 5.73 Å². The molecule has 0 saturated carbocycles. The summed E-state index contributed by atoms with van der Waals surface area (Å²) in [5.74, 6) is 0.640. The molecule has 0 fully saturated rings. The zero-order valence-corrected chi connectivity index (χ0v) is 16.8. The molecule has 2 amide bonds. The molecule has 0 bridgehead atoms. The molecule has 29 heavy (non-hydrogen) atoms. The summed E-state index contributed by atoms with van der Waals surface area (Å²) in [5, 5.41) is 6.25. The molecule has 0 spiro atoms. The summed E-state index contributed by atoms with van der Waals surface area (Å²) in [4.78, 5) is 23.6. The van der Waals surface area contributed by atoms with Crippen LogP contribution in [0, 0.1) is 0 Å². The van der Waals surface area contributed by atoms with E-state index in [1.807, 2.05) is 37.3 Å². The number of hydrogen-bond donors (Lipinski definition) is 3. The van der Waals surface area contributed by atoms with Crippen LogP contribution in [-0.4, -0.2) is 26.0 Å². The zero-order valence-electron chi connectivity index (χ0n) is 16.8. The minimum Gasteiger partial charge on any atom is -0.493 e. The first-order valence-electron chi connectivity index (χ1n) is 9.42. The van der Waals surface area contributed by atoms with Crippen LogP contribution in [0.2, 0.25) is 0 Å². The van der Waals surface area contributed by atoms with E-state index in [0.717, 1.165) is 22.5 Å². The molecule has 1 aliphatic rings. The Kier molecular flexibility index (Phi) is 6.07. The molecule has 1 aliphatic heterocycles. The number of rotatable bonds is 8. The Hall–Kier alpha value is -3.48. The summed E-state index contributed by atoms with van der Waals surface area (Å²) in [6.45, 7) is 1.99. The molecule has 0 aliphatic carbocycles. The van der Waals surface area contributed by atoms with Crippen LogP contribution in [0.15, 0.2) is 42.1 Å². The summed E-state index contributed by atoms with van der Waals surface area (Å²) in [5.41, 5.74) is 9.95. The predicted molar refractivity (Wildman–Crippen MR) is 113 cm³/mol. The molecule has 7 nitrogen and oxygen atoms in total. The molecule has 4 N–H and O–H groups in total. The number of carbonyl (C=O) groups excluding carboxylic acids is 2. The molecule has 1 heterocycles. The number of allylic oxidation sites excluding steroid dienone is 1. The highest BCUT2D eigenvalue weighted by Crippen LogP contribution is 2.42. The molecule has 0 saturated heterocycles. The second kappa shape index (κ2) is 8.68. The van der Waals surface area contributed by atoms with Crippen molar-refractivity contribution in [3.05, 3.63) is 53.2 Å². The Morgan fingerprint density at radius 1 is 1.10 bits per heavy atom. The molecular weight excluding hydrogens is 370 g/mol. The van der Waals surface area contributed by atoms with Crippen LogP contribution in [0.5, 0.6) is 11.5 Å². The first-order valence-corrected chi connectivity index (χ1v) is 9.42. The average molecular weight is 395 g/mol. The Bertz CT molecular complexity index is 965. The molecule has 0 atom stereocenters. The summed E-state index contributed by atoms with van der Waals surface area (Å²) >= 11 is 0. The van der Waals surface area contributed by atoms with Gasteiger partial charge in [0, 0.05) is 29.4 Å². The van der Waals surface area contributed by atoms with Gasteiger partial charge < -0.3 is 25.8 Å². The maximum atomic E-state index is 12.7. The van der Waals surface area contributed by atoms with Crippen LogP contribution >= 0.6 is 0 Å². The number of methoxy groups -OCH3 is 2. The van der Waals surface area contributed by atoms with E-state index in [2.05, 4.69) is 10.6 Å². The van der Waals surface area contributed by atoms with E-state index in [-0.39, 0.29) is 11.8 Å². The van der Waals surface area contributed by atoms with Gasteiger partial charge in [-0.05, 0) is 36.6 Å². The Labute approximate surface area is 169 Å². The fraction of sp³-hybridized carbons (Fsp3) is 0.273. The lowest BCUT2D eigenvalue weighted by atomic mass is 10.0. The fourth-order valence-corrected chi connectivity index (χ4v) is 3.32. The van der Waals surface area contributed by atoms with Crippen molar-refractivity contribution >= 4 is 28.8 Å². The number of anilines is 2. The molecule has 152 valence electrons. The molecule has 7 heteroatoms. The van der Waals surface area contributed by atoms with E-state index in [1.54, 1.807) is 20.3 Å². The quantitative estimate of drug-likeness (QED) is 0.595. The largest absolute Gasteiger partial charge is 0.493 e. The Morgan fingerprint density at radius 3 is 2.34 bits per heavy atom. The minimum atomic E-state index is -0.317. The maximum absolute atomic E-state index is 12.7. The molecule has 0 unspecified atom stereocenters. The second-order valence-corrected chi connectivity index (χ2v) is 6.70. The lowest BCUT2D eigenvalue weighted by molar-refractivity contribution is -0.118. The summed E-state index contributed by atoms with van der Waals surface area (Å²) < 4.78 is 10.7. The van der Waals surface area contributed by atoms with Crippen molar-refractivity contribution in [1.29, 1.82) is 0 Å². The topological polar surface area (TPSA) is 103 Å². The number of fused-ring (bicyclic) bond motifs is 1. The number of aryl methyl sites for hydroxylation is 1. The van der Waals surface area contributed by atoms with Gasteiger partial charge in [-0.15, -0.1) is 0 Å². The molecule has 0 aromatic heterocycles. The third-order valence-electron chi connectivity index (χ3n) is 4.83. The number of amides is 2. The van der Waals surface area contributed by atoms with Crippen molar-refractivity contribution in [2.45, 2.75) is 26.2 Å². The van der Waals surface area contributed by atoms with Gasteiger partial charge in [0.25, 0.3) is 5.91 Å². The van der Waals surface area contributed by atoms with Gasteiger partial charge in [-0.25, -0.2) is 0 Å². The number of nitrogens with one attached hydrogen (secondary N) is 2. The SMILES string of the molecule is CC/C(Nc1ccc(CCC(N)=O)cc1)=C1/C(=O)Nc2cc(OC)c(OC)cc21. The molecular formula is C22H25N3O4. The van der Waals surface area contributed by atoms with Crippen molar-refractivity contribution in [3.63, 3.8) is 0 Å². The summed E-state index contributed by atoms with van der Waals surface area (Å²) in [7, 11) is 3.13. The third-order valence-corrected chi connectivity index (χ3v) is 4.83. The smallest absolute Gasteiger partial charge is 0.258 e. The van der Waals surface area contributed by atoms with Crippen LogP contribution in [0.3, 0.4) is 0 Å². The molecule has 3 rings (SSSR count). The van der Waals surface area contributed by atoms with Crippen molar-refractivity contribution in [3.8, 4) is 11.5 Å². The second-order valence-electron chi connectivity index (χ2n) is 6.70. The highest BCUT2D eigenvalue weighted by Gasteiger charge is 2.29. The lowest BCUT2D eigenvalue weighted by Crippen LogP contribution is -2.11. The Balaban J connectivity index is 1.91. The molecule has 2 aromatic carbocycles. The summed E-state index contributed by atoms with van der Waals surface area (Å²) in [6, 6.07) is 11.3. The highest BCUT2D eigenvalue weighted by atomic mass is 16.5. The van der Waals surface area contributed by atoms with Gasteiger partial charge in [0.15, 0.2) is 11.5 Å². The van der Waals surface area contributed by atoms with Gasteiger partial charge in [0.2, 0.25) is 5.91 Å². The first-order chi connectivity index (χ1) is 14.0. The first kappa shape index (κ1) is 20.3. The fourth-order valence-electron chi connectivity index (χ4n) is 3.32.